The number of esters is 1. The highest BCUT2D eigenvalue weighted by atomic mass is 19.1. The molecular formula is C20H22FNO4. The van der Waals surface area contributed by atoms with Crippen LogP contribution in [0.1, 0.15) is 71.6 Å². The lowest BCUT2D eigenvalue weighted by molar-refractivity contribution is 0.0599. The van der Waals surface area contributed by atoms with Crippen LogP contribution in [0.5, 0.6) is 0 Å². The Morgan fingerprint density at radius 2 is 1.50 bits per heavy atom. The zero-order valence-electron chi connectivity index (χ0n) is 15.5. The predicted molar refractivity (Wildman–Crippen MR) is 96.1 cm³/mol. The van der Waals surface area contributed by atoms with E-state index in [2.05, 4.69) is 4.98 Å². The molecule has 0 amide bonds. The molecule has 2 aromatic rings. The zero-order chi connectivity index (χ0) is 19.6. The van der Waals surface area contributed by atoms with Gasteiger partial charge in [-0.1, -0.05) is 39.8 Å². The lowest BCUT2D eigenvalue weighted by atomic mass is 9.87. The van der Waals surface area contributed by atoms with Crippen molar-refractivity contribution in [2.75, 3.05) is 7.11 Å². The number of carbonyl (C=O) groups is 2. The quantitative estimate of drug-likeness (QED) is 0.788. The fraction of sp³-hybridized carbons (Fsp3) is 0.350. The molecule has 0 saturated heterocycles. The third-order valence-electron chi connectivity index (χ3n) is 4.08. The number of hydrogen-bond acceptors (Lipinski definition) is 4. The third kappa shape index (κ3) is 3.59. The Morgan fingerprint density at radius 3 is 1.92 bits per heavy atom. The van der Waals surface area contributed by atoms with Crippen LogP contribution in [0.4, 0.5) is 4.39 Å². The number of aromatic carboxylic acids is 1. The molecule has 0 aliphatic rings. The molecule has 0 aliphatic heterocycles. The van der Waals surface area contributed by atoms with Gasteiger partial charge in [0.15, 0.2) is 0 Å². The molecule has 0 bridgehead atoms. The van der Waals surface area contributed by atoms with Crippen molar-refractivity contribution >= 4 is 11.9 Å². The van der Waals surface area contributed by atoms with Gasteiger partial charge in [-0.2, -0.15) is 0 Å². The standard InChI is InChI=1S/C20H22FNO4/c1-10(2)17-15(19(23)24)14(12-6-8-13(21)9-7-12)16(20(25)26-5)18(22-17)11(3)4/h6-11H,1-5H3,(H,23,24). The maximum Gasteiger partial charge on any atom is 0.340 e. The van der Waals surface area contributed by atoms with Crippen molar-refractivity contribution in [1.29, 1.82) is 0 Å². The van der Waals surface area contributed by atoms with E-state index < -0.39 is 17.8 Å². The summed E-state index contributed by atoms with van der Waals surface area (Å²) in [6, 6.07) is 5.37. The van der Waals surface area contributed by atoms with Gasteiger partial charge in [0.05, 0.1) is 29.6 Å². The highest BCUT2D eigenvalue weighted by Crippen LogP contribution is 2.37. The topological polar surface area (TPSA) is 76.5 Å². The highest BCUT2D eigenvalue weighted by Gasteiger charge is 2.30. The van der Waals surface area contributed by atoms with Crippen molar-refractivity contribution in [2.45, 2.75) is 39.5 Å². The summed E-state index contributed by atoms with van der Waals surface area (Å²) < 4.78 is 18.3. The Hall–Kier alpha value is -2.76. The van der Waals surface area contributed by atoms with E-state index in [9.17, 15) is 19.1 Å². The molecule has 1 aromatic heterocycles. The lowest BCUT2D eigenvalue weighted by Crippen LogP contribution is -2.19. The van der Waals surface area contributed by atoms with Crippen LogP contribution >= 0.6 is 0 Å². The van der Waals surface area contributed by atoms with Crippen LogP contribution in [0.25, 0.3) is 11.1 Å². The number of methoxy groups -OCH3 is 1. The molecule has 1 aromatic carbocycles. The summed E-state index contributed by atoms with van der Waals surface area (Å²) in [4.78, 5) is 29.1. The minimum atomic E-state index is -1.19. The number of ether oxygens (including phenoxy) is 1. The van der Waals surface area contributed by atoms with E-state index >= 15 is 0 Å². The monoisotopic (exact) mass is 359 g/mol. The molecule has 138 valence electrons. The second-order valence-electron chi connectivity index (χ2n) is 6.62. The summed E-state index contributed by atoms with van der Waals surface area (Å²) in [5.41, 5.74) is 1.53. The summed E-state index contributed by atoms with van der Waals surface area (Å²) >= 11 is 0. The van der Waals surface area contributed by atoms with Gasteiger partial charge in [-0.25, -0.2) is 14.0 Å². The van der Waals surface area contributed by atoms with Gasteiger partial charge in [-0.3, -0.25) is 4.98 Å². The van der Waals surface area contributed by atoms with Gasteiger partial charge in [0.25, 0.3) is 0 Å². The Kier molecular flexibility index (Phi) is 5.75. The first kappa shape index (κ1) is 19.6. The molecular weight excluding hydrogens is 337 g/mol. The number of rotatable bonds is 5. The molecule has 5 nitrogen and oxygen atoms in total. The number of carboxylic acids is 1. The van der Waals surface area contributed by atoms with E-state index in [1.165, 1.54) is 31.4 Å². The number of halogens is 1. The highest BCUT2D eigenvalue weighted by molar-refractivity contribution is 6.06. The van der Waals surface area contributed by atoms with Crippen molar-refractivity contribution < 1.29 is 23.8 Å². The largest absolute Gasteiger partial charge is 0.478 e. The molecule has 0 unspecified atom stereocenters. The molecule has 6 heteroatoms. The normalized spacial score (nSPS) is 11.1. The van der Waals surface area contributed by atoms with Gasteiger partial charge in [0.1, 0.15) is 5.82 Å². The molecule has 0 fully saturated rings. The zero-order valence-corrected chi connectivity index (χ0v) is 15.5. The summed E-state index contributed by atoms with van der Waals surface area (Å²) in [7, 11) is 1.23. The van der Waals surface area contributed by atoms with Crippen molar-refractivity contribution in [3.63, 3.8) is 0 Å². The summed E-state index contributed by atoms with van der Waals surface area (Å²) in [6.07, 6.45) is 0. The van der Waals surface area contributed by atoms with Gasteiger partial charge >= 0.3 is 11.9 Å². The van der Waals surface area contributed by atoms with Crippen molar-refractivity contribution in [1.82, 2.24) is 4.98 Å². The first-order chi connectivity index (χ1) is 12.2. The van der Waals surface area contributed by atoms with Crippen LogP contribution in [0, 0.1) is 5.82 Å². The van der Waals surface area contributed by atoms with Crippen molar-refractivity contribution in [2.24, 2.45) is 0 Å². The van der Waals surface area contributed by atoms with Crippen molar-refractivity contribution in [3.8, 4) is 11.1 Å². The molecule has 1 heterocycles. The van der Waals surface area contributed by atoms with E-state index in [1.54, 1.807) is 0 Å². The molecule has 0 radical (unpaired) electrons. The molecule has 26 heavy (non-hydrogen) atoms. The summed E-state index contributed by atoms with van der Waals surface area (Å²) in [5.74, 6) is -2.63. The summed E-state index contributed by atoms with van der Waals surface area (Å²) in [6.45, 7) is 7.41. The van der Waals surface area contributed by atoms with Gasteiger partial charge < -0.3 is 9.84 Å². The molecule has 0 saturated carbocycles. The van der Waals surface area contributed by atoms with Crippen LogP contribution in [0.3, 0.4) is 0 Å². The predicted octanol–water partition coefficient (Wildman–Crippen LogP) is 4.62. The van der Waals surface area contributed by atoms with E-state index in [0.717, 1.165) is 0 Å². The van der Waals surface area contributed by atoms with Gasteiger partial charge in [0, 0.05) is 5.56 Å². The van der Waals surface area contributed by atoms with Crippen LogP contribution in [0.15, 0.2) is 24.3 Å². The number of pyridine rings is 1. The van der Waals surface area contributed by atoms with Crippen LogP contribution < -0.4 is 0 Å². The SMILES string of the molecule is COC(=O)c1c(C(C)C)nc(C(C)C)c(C(=O)O)c1-c1ccc(F)cc1. The summed E-state index contributed by atoms with van der Waals surface area (Å²) in [5, 5.41) is 9.85. The minimum Gasteiger partial charge on any atom is -0.478 e. The second-order valence-corrected chi connectivity index (χ2v) is 6.62. The molecule has 2 rings (SSSR count). The smallest absolute Gasteiger partial charge is 0.340 e. The Labute approximate surface area is 151 Å². The molecule has 0 atom stereocenters. The fourth-order valence-corrected chi connectivity index (χ4v) is 2.89. The molecule has 0 spiro atoms. The van der Waals surface area contributed by atoms with Crippen molar-refractivity contribution in [3.05, 3.63) is 52.6 Å². The third-order valence-corrected chi connectivity index (χ3v) is 4.08. The average Bonchev–Trinajstić information content (AvgIpc) is 2.59. The van der Waals surface area contributed by atoms with Crippen LogP contribution in [-0.2, 0) is 4.74 Å². The Balaban J connectivity index is 3.05. The fourth-order valence-electron chi connectivity index (χ4n) is 2.89. The first-order valence-corrected chi connectivity index (χ1v) is 8.34. The first-order valence-electron chi connectivity index (χ1n) is 8.34. The number of nitrogens with zero attached hydrogens (tertiary/aromatic N) is 1. The van der Waals surface area contributed by atoms with Crippen LogP contribution in [0.2, 0.25) is 0 Å². The average molecular weight is 359 g/mol. The van der Waals surface area contributed by atoms with Gasteiger partial charge in [-0.15, -0.1) is 0 Å². The van der Waals surface area contributed by atoms with E-state index in [0.29, 0.717) is 17.0 Å². The maximum atomic E-state index is 13.4. The molecule has 1 N–H and O–H groups in total. The van der Waals surface area contributed by atoms with Gasteiger partial charge in [-0.05, 0) is 29.5 Å². The number of carboxylic acid groups (broad SMARTS) is 1. The van der Waals surface area contributed by atoms with Gasteiger partial charge in [0.2, 0.25) is 0 Å². The van der Waals surface area contributed by atoms with E-state index in [-0.39, 0.29) is 28.5 Å². The lowest BCUT2D eigenvalue weighted by Gasteiger charge is -2.21. The molecule has 0 aliphatic carbocycles. The minimum absolute atomic E-state index is 0.0589. The Bertz CT molecular complexity index is 842. The van der Waals surface area contributed by atoms with E-state index in [4.69, 9.17) is 4.74 Å². The number of aromatic nitrogens is 1. The number of benzene rings is 1. The number of carbonyl (C=O) groups excluding carboxylic acids is 1. The Morgan fingerprint density at radius 1 is 1.00 bits per heavy atom. The second kappa shape index (κ2) is 7.64. The van der Waals surface area contributed by atoms with Crippen LogP contribution in [-0.4, -0.2) is 29.1 Å². The van der Waals surface area contributed by atoms with E-state index in [1.807, 2.05) is 27.7 Å². The maximum absolute atomic E-state index is 13.4. The number of hydrogen-bond donors (Lipinski definition) is 1.